The number of hydrogen-bond donors (Lipinski definition) is 1. The fraction of sp³-hybridized carbons (Fsp3) is 0.571. The first-order chi connectivity index (χ1) is 9.63. The smallest absolute Gasteiger partial charge is 0.310 e. The molecule has 3 rings (SSSR count). The molecule has 1 saturated heterocycles. The molecule has 1 atom stereocenters. The van der Waals surface area contributed by atoms with Crippen molar-refractivity contribution in [2.45, 2.75) is 32.7 Å². The van der Waals surface area contributed by atoms with Crippen LogP contribution in [0.2, 0.25) is 0 Å². The summed E-state index contributed by atoms with van der Waals surface area (Å²) < 4.78 is 2.02. The predicted octanol–water partition coefficient (Wildman–Crippen LogP) is 2.47. The average molecular weight is 293 g/mol. The highest BCUT2D eigenvalue weighted by Gasteiger charge is 2.43. The maximum Gasteiger partial charge on any atom is 0.310 e. The zero-order valence-corrected chi connectivity index (χ0v) is 12.4. The minimum Gasteiger partial charge on any atom is -0.481 e. The van der Waals surface area contributed by atoms with E-state index in [1.165, 1.54) is 0 Å². The van der Waals surface area contributed by atoms with Crippen molar-refractivity contribution in [3.63, 3.8) is 0 Å². The van der Waals surface area contributed by atoms with Crippen molar-refractivity contribution >= 4 is 22.3 Å². The molecule has 5 nitrogen and oxygen atoms in total. The molecule has 1 fully saturated rings. The standard InChI is InChI=1S/C14H19N3O2S/c1-2-3-14(12(18)19)4-5-16(10-14)8-11-9-17-6-7-20-13(17)15-11/h6-7,9H,2-5,8,10H2,1H3,(H,18,19). The SMILES string of the molecule is CCCC1(C(=O)O)CCN(Cc2cn3ccsc3n2)C1. The molecule has 2 aromatic heterocycles. The summed E-state index contributed by atoms with van der Waals surface area (Å²) in [6.45, 7) is 4.28. The molecule has 0 spiro atoms. The Morgan fingerprint density at radius 2 is 2.45 bits per heavy atom. The molecule has 20 heavy (non-hydrogen) atoms. The number of likely N-dealkylation sites (tertiary alicyclic amines) is 1. The van der Waals surface area contributed by atoms with Crippen molar-refractivity contribution in [3.8, 4) is 0 Å². The van der Waals surface area contributed by atoms with Crippen LogP contribution < -0.4 is 0 Å². The molecule has 1 aliphatic rings. The maximum atomic E-state index is 11.6. The zero-order valence-electron chi connectivity index (χ0n) is 11.6. The van der Waals surface area contributed by atoms with Crippen LogP contribution in [-0.4, -0.2) is 38.4 Å². The Morgan fingerprint density at radius 1 is 1.60 bits per heavy atom. The summed E-state index contributed by atoms with van der Waals surface area (Å²) in [5.41, 5.74) is 0.473. The monoisotopic (exact) mass is 293 g/mol. The normalized spacial score (nSPS) is 23.6. The van der Waals surface area contributed by atoms with Gasteiger partial charge in [-0.1, -0.05) is 13.3 Å². The summed E-state index contributed by atoms with van der Waals surface area (Å²) in [6, 6.07) is 0. The summed E-state index contributed by atoms with van der Waals surface area (Å²) in [6.07, 6.45) is 6.46. The summed E-state index contributed by atoms with van der Waals surface area (Å²) in [5.74, 6) is -0.646. The number of thiazole rings is 1. The molecule has 1 aliphatic heterocycles. The van der Waals surface area contributed by atoms with E-state index < -0.39 is 11.4 Å². The number of carboxylic acids is 1. The van der Waals surface area contributed by atoms with Crippen LogP contribution in [0.15, 0.2) is 17.8 Å². The fourth-order valence-electron chi connectivity index (χ4n) is 3.14. The average Bonchev–Trinajstić information content (AvgIpc) is 3.05. The second-order valence-electron chi connectivity index (χ2n) is 5.62. The number of aliphatic carboxylic acids is 1. The van der Waals surface area contributed by atoms with E-state index in [0.717, 1.165) is 43.0 Å². The third-order valence-electron chi connectivity index (χ3n) is 4.14. The highest BCUT2D eigenvalue weighted by molar-refractivity contribution is 7.15. The number of aromatic nitrogens is 2. The number of hydrogen-bond acceptors (Lipinski definition) is 4. The van der Waals surface area contributed by atoms with Gasteiger partial charge in [-0.05, 0) is 19.4 Å². The van der Waals surface area contributed by atoms with Gasteiger partial charge in [0.15, 0.2) is 4.96 Å². The van der Waals surface area contributed by atoms with Crippen LogP contribution in [0.4, 0.5) is 0 Å². The lowest BCUT2D eigenvalue weighted by atomic mass is 9.83. The van der Waals surface area contributed by atoms with Crippen LogP contribution in [0, 0.1) is 5.41 Å². The molecule has 0 bridgehead atoms. The van der Waals surface area contributed by atoms with Crippen LogP contribution in [0.1, 0.15) is 31.9 Å². The van der Waals surface area contributed by atoms with Gasteiger partial charge in [-0.3, -0.25) is 14.1 Å². The van der Waals surface area contributed by atoms with Crippen LogP contribution in [0.5, 0.6) is 0 Å². The maximum absolute atomic E-state index is 11.6. The van der Waals surface area contributed by atoms with Crippen LogP contribution >= 0.6 is 11.3 Å². The van der Waals surface area contributed by atoms with Gasteiger partial charge in [0.25, 0.3) is 0 Å². The van der Waals surface area contributed by atoms with Gasteiger partial charge < -0.3 is 5.11 Å². The molecule has 0 aliphatic carbocycles. The van der Waals surface area contributed by atoms with Gasteiger partial charge in [0.2, 0.25) is 0 Å². The van der Waals surface area contributed by atoms with E-state index >= 15 is 0 Å². The summed E-state index contributed by atoms with van der Waals surface area (Å²) in [5, 5.41) is 11.5. The van der Waals surface area contributed by atoms with Crippen molar-refractivity contribution in [1.82, 2.24) is 14.3 Å². The topological polar surface area (TPSA) is 57.8 Å². The summed E-state index contributed by atoms with van der Waals surface area (Å²) in [7, 11) is 0. The number of carboxylic acid groups (broad SMARTS) is 1. The molecular weight excluding hydrogens is 274 g/mol. The first-order valence-electron chi connectivity index (χ1n) is 7.00. The fourth-order valence-corrected chi connectivity index (χ4v) is 3.86. The van der Waals surface area contributed by atoms with E-state index in [1.807, 2.05) is 22.2 Å². The molecule has 3 heterocycles. The molecule has 0 saturated carbocycles. The number of imidazole rings is 1. The van der Waals surface area contributed by atoms with E-state index in [1.54, 1.807) is 11.3 Å². The van der Waals surface area contributed by atoms with Crippen molar-refractivity contribution in [2.24, 2.45) is 5.41 Å². The molecule has 1 unspecified atom stereocenters. The molecule has 0 radical (unpaired) electrons. The van der Waals surface area contributed by atoms with Crippen molar-refractivity contribution in [2.75, 3.05) is 13.1 Å². The Bertz CT molecular complexity index is 592. The third-order valence-corrected chi connectivity index (χ3v) is 4.91. The van der Waals surface area contributed by atoms with Crippen LogP contribution in [0.25, 0.3) is 4.96 Å². The number of nitrogens with zero attached hydrogens (tertiary/aromatic N) is 3. The van der Waals surface area contributed by atoms with Gasteiger partial charge in [-0.25, -0.2) is 4.98 Å². The van der Waals surface area contributed by atoms with Gasteiger partial charge in [0.1, 0.15) is 0 Å². The Morgan fingerprint density at radius 3 is 3.15 bits per heavy atom. The second-order valence-corrected chi connectivity index (χ2v) is 6.49. The molecule has 6 heteroatoms. The summed E-state index contributed by atoms with van der Waals surface area (Å²) in [4.78, 5) is 19.3. The van der Waals surface area contributed by atoms with Crippen LogP contribution in [0.3, 0.4) is 0 Å². The molecule has 2 aromatic rings. The number of fused-ring (bicyclic) bond motifs is 1. The highest BCUT2D eigenvalue weighted by atomic mass is 32.1. The number of rotatable bonds is 5. The second kappa shape index (κ2) is 5.18. The minimum absolute atomic E-state index is 0.550. The predicted molar refractivity (Wildman–Crippen MR) is 77.9 cm³/mol. The third kappa shape index (κ3) is 2.33. The molecule has 1 N–H and O–H groups in total. The number of carbonyl (C=O) groups is 1. The summed E-state index contributed by atoms with van der Waals surface area (Å²) >= 11 is 1.62. The lowest BCUT2D eigenvalue weighted by Crippen LogP contribution is -2.34. The van der Waals surface area contributed by atoms with Gasteiger partial charge in [-0.15, -0.1) is 11.3 Å². The zero-order chi connectivity index (χ0) is 14.2. The molecule has 0 aromatic carbocycles. The lowest BCUT2D eigenvalue weighted by Gasteiger charge is -2.24. The van der Waals surface area contributed by atoms with E-state index in [2.05, 4.69) is 16.8 Å². The van der Waals surface area contributed by atoms with Gasteiger partial charge in [0.05, 0.1) is 11.1 Å². The van der Waals surface area contributed by atoms with E-state index in [4.69, 9.17) is 0 Å². The first kappa shape index (κ1) is 13.6. The van der Waals surface area contributed by atoms with Crippen molar-refractivity contribution in [3.05, 3.63) is 23.5 Å². The van der Waals surface area contributed by atoms with E-state index in [0.29, 0.717) is 6.54 Å². The Balaban J connectivity index is 1.70. The van der Waals surface area contributed by atoms with Crippen molar-refractivity contribution < 1.29 is 9.90 Å². The Hall–Kier alpha value is -1.40. The Kier molecular flexibility index (Phi) is 3.52. The van der Waals surface area contributed by atoms with Gasteiger partial charge in [-0.2, -0.15) is 0 Å². The largest absolute Gasteiger partial charge is 0.481 e. The van der Waals surface area contributed by atoms with Gasteiger partial charge in [0, 0.05) is 30.9 Å². The van der Waals surface area contributed by atoms with Crippen LogP contribution in [-0.2, 0) is 11.3 Å². The molecule has 108 valence electrons. The van der Waals surface area contributed by atoms with E-state index in [9.17, 15) is 9.90 Å². The Labute approximate surface area is 121 Å². The minimum atomic E-state index is -0.646. The van der Waals surface area contributed by atoms with E-state index in [-0.39, 0.29) is 0 Å². The molecular formula is C14H19N3O2S. The lowest BCUT2D eigenvalue weighted by molar-refractivity contribution is -0.148. The van der Waals surface area contributed by atoms with Crippen molar-refractivity contribution in [1.29, 1.82) is 0 Å². The van der Waals surface area contributed by atoms with Gasteiger partial charge >= 0.3 is 5.97 Å². The first-order valence-corrected chi connectivity index (χ1v) is 7.88. The molecule has 0 amide bonds. The quantitative estimate of drug-likeness (QED) is 0.920. The highest BCUT2D eigenvalue weighted by Crippen LogP contribution is 2.36.